The molecule has 0 unspecified atom stereocenters. The van der Waals surface area contributed by atoms with Crippen molar-refractivity contribution in [3.63, 3.8) is 0 Å². The average molecular weight is 148 g/mol. The van der Waals surface area contributed by atoms with Crippen LogP contribution in [0.15, 0.2) is 0 Å². The van der Waals surface area contributed by atoms with E-state index in [-0.39, 0.29) is 6.61 Å². The normalized spacial score (nSPS) is 10.8. The first kappa shape index (κ1) is 9.84. The Morgan fingerprint density at radius 2 is 2.30 bits per heavy atom. The number of nitrogens with one attached hydrogen (secondary N) is 1. The van der Waals surface area contributed by atoms with Crippen LogP contribution < -0.4 is 10.4 Å². The summed E-state index contributed by atoms with van der Waals surface area (Å²) >= 11 is 0. The van der Waals surface area contributed by atoms with E-state index in [2.05, 4.69) is 5.43 Å². The Labute approximate surface area is 61.8 Å². The number of likely N-dealkylation sites (N-methyl/N-ethyl adjacent to an activating group) is 1. The third-order valence-corrected chi connectivity index (χ3v) is 1.12. The number of ether oxygens (including phenoxy) is 1. The molecule has 0 aromatic carbocycles. The number of hydrogen-bond donors (Lipinski definition) is 2. The Morgan fingerprint density at radius 3 is 2.80 bits per heavy atom. The van der Waals surface area contributed by atoms with Crippen molar-refractivity contribution in [3.8, 4) is 0 Å². The van der Waals surface area contributed by atoms with Gasteiger partial charge in [0.15, 0.2) is 6.54 Å². The highest BCUT2D eigenvalue weighted by Gasteiger charge is 2.03. The maximum Gasteiger partial charge on any atom is 0.167 e. The summed E-state index contributed by atoms with van der Waals surface area (Å²) in [5.74, 6) is 0. The highest BCUT2D eigenvalue weighted by atomic mass is 16.5. The SMILES string of the molecule is COCCN[N+](C)CCO. The molecule has 61 valence electrons. The predicted molar refractivity (Wildman–Crippen MR) is 39.9 cm³/mol. The van der Waals surface area contributed by atoms with Crippen LogP contribution in [0.4, 0.5) is 0 Å². The molecule has 0 atom stereocenters. The summed E-state index contributed by atoms with van der Waals surface area (Å²) < 4.78 is 4.82. The van der Waals surface area contributed by atoms with Gasteiger partial charge in [-0.3, -0.25) is 0 Å². The number of hydrogen-bond acceptors (Lipinski definition) is 4. The summed E-state index contributed by atoms with van der Waals surface area (Å²) in [5, 5.41) is 10.3. The topological polar surface area (TPSA) is 47.4 Å². The molecule has 0 aromatic heterocycles. The van der Waals surface area contributed by atoms with E-state index >= 15 is 0 Å². The van der Waals surface area contributed by atoms with E-state index in [1.54, 1.807) is 7.11 Å². The third-order valence-electron chi connectivity index (χ3n) is 1.12. The highest BCUT2D eigenvalue weighted by molar-refractivity contribution is 4.48. The maximum absolute atomic E-state index is 8.48. The molecule has 4 nitrogen and oxygen atoms in total. The Balaban J connectivity index is 2.97. The molecule has 0 spiro atoms. The first-order valence-electron chi connectivity index (χ1n) is 3.35. The standard InChI is InChI=1S/C6H16N2O2/c1-8(4-5-9)7-3-6-10-2/h7,9H,3-6H2,1-2H3/q+1. The third kappa shape index (κ3) is 5.97. The minimum atomic E-state index is 0.177. The molecule has 0 rings (SSSR count). The molecular weight excluding hydrogens is 132 g/mol. The van der Waals surface area contributed by atoms with Gasteiger partial charge in [0.2, 0.25) is 0 Å². The molecule has 0 bridgehead atoms. The zero-order chi connectivity index (χ0) is 7.82. The molecule has 4 heteroatoms. The number of hydrazine groups is 1. The zero-order valence-corrected chi connectivity index (χ0v) is 6.63. The van der Waals surface area contributed by atoms with Crippen molar-refractivity contribution in [2.45, 2.75) is 0 Å². The van der Waals surface area contributed by atoms with Crippen LogP contribution in [0.1, 0.15) is 0 Å². The van der Waals surface area contributed by atoms with Gasteiger partial charge in [-0.25, -0.2) is 0 Å². The number of aliphatic hydroxyl groups excluding tert-OH is 1. The molecule has 1 radical (unpaired) electrons. The van der Waals surface area contributed by atoms with Gasteiger partial charge < -0.3 is 9.84 Å². The van der Waals surface area contributed by atoms with Crippen LogP contribution in [-0.2, 0) is 4.74 Å². The fourth-order valence-electron chi connectivity index (χ4n) is 0.568. The van der Waals surface area contributed by atoms with E-state index in [0.717, 1.165) is 6.54 Å². The van der Waals surface area contributed by atoms with Gasteiger partial charge in [0.05, 0.1) is 19.8 Å². The summed E-state index contributed by atoms with van der Waals surface area (Å²) in [6.45, 7) is 2.29. The number of methoxy groups -OCH3 is 1. The summed E-state index contributed by atoms with van der Waals surface area (Å²) in [6.07, 6.45) is 0. The lowest BCUT2D eigenvalue weighted by Gasteiger charge is -2.04. The molecular formula is C6H16N2O2+. The lowest BCUT2D eigenvalue weighted by molar-refractivity contribution is 0.176. The van der Waals surface area contributed by atoms with Gasteiger partial charge in [0.25, 0.3) is 0 Å². The van der Waals surface area contributed by atoms with E-state index in [4.69, 9.17) is 9.84 Å². The zero-order valence-electron chi connectivity index (χ0n) is 6.63. The summed E-state index contributed by atoms with van der Waals surface area (Å²) in [6, 6.07) is 0. The quantitative estimate of drug-likeness (QED) is 0.285. The Kier molecular flexibility index (Phi) is 6.84. The second-order valence-electron chi connectivity index (χ2n) is 2.05. The van der Waals surface area contributed by atoms with Crippen LogP contribution in [-0.4, -0.2) is 45.6 Å². The van der Waals surface area contributed by atoms with Crippen molar-refractivity contribution in [1.29, 1.82) is 0 Å². The van der Waals surface area contributed by atoms with Gasteiger partial charge in [-0.15, -0.1) is 5.43 Å². The molecule has 0 heterocycles. The Hall–Kier alpha value is -0.160. The van der Waals surface area contributed by atoms with E-state index < -0.39 is 0 Å². The maximum atomic E-state index is 8.48. The van der Waals surface area contributed by atoms with E-state index in [1.165, 1.54) is 0 Å². The van der Waals surface area contributed by atoms with Gasteiger partial charge in [-0.2, -0.15) is 0 Å². The van der Waals surface area contributed by atoms with E-state index in [1.807, 2.05) is 12.1 Å². The summed E-state index contributed by atoms with van der Waals surface area (Å²) in [4.78, 5) is 0. The van der Waals surface area contributed by atoms with Crippen LogP contribution in [0.25, 0.3) is 0 Å². The van der Waals surface area contributed by atoms with Gasteiger partial charge in [0, 0.05) is 7.11 Å². The van der Waals surface area contributed by atoms with Crippen LogP contribution in [0.5, 0.6) is 0 Å². The van der Waals surface area contributed by atoms with Gasteiger partial charge in [-0.05, 0) is 0 Å². The Bertz CT molecular complexity index is 70.8. The summed E-state index contributed by atoms with van der Waals surface area (Å²) in [5.41, 5.74) is 3.03. The minimum absolute atomic E-state index is 0.177. The molecule has 10 heavy (non-hydrogen) atoms. The second kappa shape index (κ2) is 6.95. The minimum Gasteiger partial charge on any atom is -0.390 e. The lowest BCUT2D eigenvalue weighted by Crippen LogP contribution is -2.43. The van der Waals surface area contributed by atoms with Gasteiger partial charge >= 0.3 is 0 Å². The molecule has 0 amide bonds. The van der Waals surface area contributed by atoms with Crippen molar-refractivity contribution in [1.82, 2.24) is 10.4 Å². The first-order valence-corrected chi connectivity index (χ1v) is 3.35. The molecule has 0 saturated carbocycles. The molecule has 2 N–H and O–H groups in total. The fourth-order valence-corrected chi connectivity index (χ4v) is 0.568. The van der Waals surface area contributed by atoms with Gasteiger partial charge in [-0.1, -0.05) is 5.01 Å². The number of nitrogens with zero attached hydrogens (tertiary/aromatic N) is 1. The number of rotatable bonds is 6. The molecule has 0 aliphatic heterocycles. The fraction of sp³-hybridized carbons (Fsp3) is 1.00. The number of aliphatic hydroxyl groups is 1. The van der Waals surface area contributed by atoms with E-state index in [0.29, 0.717) is 13.2 Å². The van der Waals surface area contributed by atoms with Crippen LogP contribution in [0, 0.1) is 0 Å². The molecule has 0 aliphatic rings. The second-order valence-corrected chi connectivity index (χ2v) is 2.05. The first-order chi connectivity index (χ1) is 4.81. The van der Waals surface area contributed by atoms with Crippen LogP contribution >= 0.6 is 0 Å². The Morgan fingerprint density at radius 1 is 1.60 bits per heavy atom. The highest BCUT2D eigenvalue weighted by Crippen LogP contribution is 1.68. The molecule has 0 saturated heterocycles. The van der Waals surface area contributed by atoms with Crippen LogP contribution in [0.2, 0.25) is 0 Å². The predicted octanol–water partition coefficient (Wildman–Crippen LogP) is -1.10. The smallest absolute Gasteiger partial charge is 0.167 e. The monoisotopic (exact) mass is 148 g/mol. The lowest BCUT2D eigenvalue weighted by atomic mass is 10.6. The van der Waals surface area contributed by atoms with Gasteiger partial charge in [0.1, 0.15) is 7.05 Å². The summed E-state index contributed by atoms with van der Waals surface area (Å²) in [7, 11) is 3.54. The van der Waals surface area contributed by atoms with Crippen LogP contribution in [0.3, 0.4) is 0 Å². The van der Waals surface area contributed by atoms with Crippen molar-refractivity contribution >= 4 is 0 Å². The molecule has 0 fully saturated rings. The molecule has 0 aliphatic carbocycles. The molecule has 0 aromatic rings. The van der Waals surface area contributed by atoms with Crippen molar-refractivity contribution < 1.29 is 9.84 Å². The van der Waals surface area contributed by atoms with Crippen molar-refractivity contribution in [2.24, 2.45) is 0 Å². The van der Waals surface area contributed by atoms with E-state index in [9.17, 15) is 0 Å². The van der Waals surface area contributed by atoms with Crippen molar-refractivity contribution in [3.05, 3.63) is 0 Å². The average Bonchev–Trinajstić information content (AvgIpc) is 1.89. The van der Waals surface area contributed by atoms with Crippen molar-refractivity contribution in [2.75, 3.05) is 40.5 Å². The largest absolute Gasteiger partial charge is 0.390 e.